The van der Waals surface area contributed by atoms with Crippen molar-refractivity contribution >= 4 is 33.6 Å². The Bertz CT molecular complexity index is 698. The highest BCUT2D eigenvalue weighted by Crippen LogP contribution is 2.32. The van der Waals surface area contributed by atoms with Gasteiger partial charge in [0.1, 0.15) is 11.1 Å². The van der Waals surface area contributed by atoms with Crippen LogP contribution in [-0.2, 0) is 11.2 Å². The van der Waals surface area contributed by atoms with Gasteiger partial charge in [0.05, 0.1) is 12.1 Å². The molecule has 0 saturated carbocycles. The summed E-state index contributed by atoms with van der Waals surface area (Å²) in [5, 5.41) is 16.4. The van der Waals surface area contributed by atoms with Crippen molar-refractivity contribution in [1.82, 2.24) is 4.90 Å². The van der Waals surface area contributed by atoms with Crippen LogP contribution in [-0.4, -0.2) is 23.9 Å². The first-order chi connectivity index (χ1) is 10.2. The number of carbonyl (C=O) groups is 1. The van der Waals surface area contributed by atoms with Gasteiger partial charge < -0.3 is 5.32 Å². The van der Waals surface area contributed by atoms with Crippen molar-refractivity contribution < 1.29 is 4.79 Å². The van der Waals surface area contributed by atoms with Crippen LogP contribution in [0.3, 0.4) is 0 Å². The Kier molecular flexibility index (Phi) is 4.06. The Labute approximate surface area is 131 Å². The Balaban J connectivity index is 1.65. The third kappa shape index (κ3) is 2.86. The minimum absolute atomic E-state index is 0.0560. The smallest absolute Gasteiger partial charge is 0.239 e. The monoisotopic (exact) mass is 317 g/mol. The first kappa shape index (κ1) is 14.3. The highest BCUT2D eigenvalue weighted by molar-refractivity contribution is 7.14. The zero-order valence-corrected chi connectivity index (χ0v) is 13.3. The number of rotatable bonds is 3. The second kappa shape index (κ2) is 5.98. The van der Waals surface area contributed by atoms with Crippen LogP contribution in [0, 0.1) is 11.3 Å². The molecule has 0 saturated heterocycles. The number of nitrogens with one attached hydrogen (secondary N) is 1. The number of carbonyl (C=O) groups excluding carboxylic acids is 1. The Hall–Kier alpha value is -1.68. The van der Waals surface area contributed by atoms with Gasteiger partial charge in [0.15, 0.2) is 0 Å². The fourth-order valence-corrected chi connectivity index (χ4v) is 4.34. The summed E-state index contributed by atoms with van der Waals surface area (Å²) in [5.41, 5.74) is 1.87. The largest absolute Gasteiger partial charge is 0.315 e. The van der Waals surface area contributed by atoms with Crippen molar-refractivity contribution in [2.45, 2.75) is 19.4 Å². The van der Waals surface area contributed by atoms with Crippen LogP contribution < -0.4 is 5.32 Å². The quantitative estimate of drug-likeness (QED) is 0.945. The zero-order chi connectivity index (χ0) is 14.8. The lowest BCUT2D eigenvalue weighted by Gasteiger charge is -2.32. The predicted octanol–water partition coefficient (Wildman–Crippen LogP) is 3.24. The summed E-state index contributed by atoms with van der Waals surface area (Å²) in [4.78, 5) is 15.8. The van der Waals surface area contributed by atoms with Crippen LogP contribution in [0.25, 0.3) is 0 Å². The first-order valence-corrected chi connectivity index (χ1v) is 8.52. The number of amides is 1. The first-order valence-electron chi connectivity index (χ1n) is 6.77. The molecule has 1 N–H and O–H groups in total. The zero-order valence-electron chi connectivity index (χ0n) is 11.6. The van der Waals surface area contributed by atoms with Crippen LogP contribution in [0.5, 0.6) is 0 Å². The molecule has 21 heavy (non-hydrogen) atoms. The minimum Gasteiger partial charge on any atom is -0.315 e. The summed E-state index contributed by atoms with van der Waals surface area (Å²) in [5.74, 6) is -0.0560. The summed E-state index contributed by atoms with van der Waals surface area (Å²) in [6, 6.07) is 6.23. The maximum absolute atomic E-state index is 12.2. The van der Waals surface area contributed by atoms with Gasteiger partial charge >= 0.3 is 0 Å². The molecule has 4 nitrogen and oxygen atoms in total. The summed E-state index contributed by atoms with van der Waals surface area (Å²) >= 11 is 3.18. The van der Waals surface area contributed by atoms with Gasteiger partial charge in [-0.2, -0.15) is 5.26 Å². The number of nitrogens with zero attached hydrogens (tertiary/aromatic N) is 2. The predicted molar refractivity (Wildman–Crippen MR) is 85.7 cm³/mol. The molecular weight excluding hydrogens is 302 g/mol. The normalized spacial score (nSPS) is 18.0. The van der Waals surface area contributed by atoms with E-state index in [1.54, 1.807) is 17.4 Å². The van der Waals surface area contributed by atoms with Crippen LogP contribution in [0.4, 0.5) is 5.00 Å². The molecule has 0 bridgehead atoms. The molecule has 0 aromatic carbocycles. The average molecular weight is 317 g/mol. The van der Waals surface area contributed by atoms with E-state index in [2.05, 4.69) is 34.7 Å². The van der Waals surface area contributed by atoms with E-state index in [1.165, 1.54) is 21.8 Å². The Morgan fingerprint density at radius 3 is 3.10 bits per heavy atom. The van der Waals surface area contributed by atoms with Gasteiger partial charge in [-0.1, -0.05) is 0 Å². The molecule has 2 aromatic rings. The molecule has 1 amide bonds. The molecule has 1 atom stereocenters. The molecule has 6 heteroatoms. The average Bonchev–Trinajstić information content (AvgIpc) is 3.10. The molecule has 0 radical (unpaired) electrons. The molecule has 0 fully saturated rings. The summed E-state index contributed by atoms with van der Waals surface area (Å²) < 4.78 is 0. The van der Waals surface area contributed by atoms with Gasteiger partial charge in [-0.3, -0.25) is 9.69 Å². The van der Waals surface area contributed by atoms with E-state index < -0.39 is 0 Å². The van der Waals surface area contributed by atoms with Crippen LogP contribution in [0.1, 0.15) is 29.0 Å². The second-order valence-electron chi connectivity index (χ2n) is 5.02. The molecule has 1 aliphatic heterocycles. The molecular formula is C15H15N3OS2. The van der Waals surface area contributed by atoms with Crippen molar-refractivity contribution in [3.8, 4) is 6.07 Å². The molecule has 1 aliphatic rings. The van der Waals surface area contributed by atoms with Crippen LogP contribution in [0.2, 0.25) is 0 Å². The summed E-state index contributed by atoms with van der Waals surface area (Å²) in [7, 11) is 0. The Morgan fingerprint density at radius 2 is 2.29 bits per heavy atom. The van der Waals surface area contributed by atoms with Crippen LogP contribution in [0.15, 0.2) is 22.9 Å². The molecule has 108 valence electrons. The van der Waals surface area contributed by atoms with E-state index in [0.29, 0.717) is 17.1 Å². The van der Waals surface area contributed by atoms with Crippen molar-refractivity contribution in [3.05, 3.63) is 38.9 Å². The number of anilines is 1. The van der Waals surface area contributed by atoms with Gasteiger partial charge in [-0.25, -0.2) is 0 Å². The van der Waals surface area contributed by atoms with Crippen molar-refractivity contribution in [3.63, 3.8) is 0 Å². The van der Waals surface area contributed by atoms with E-state index in [0.717, 1.165) is 13.0 Å². The van der Waals surface area contributed by atoms with E-state index >= 15 is 0 Å². The fourth-order valence-electron chi connectivity index (χ4n) is 2.62. The Morgan fingerprint density at radius 1 is 1.48 bits per heavy atom. The molecule has 0 unspecified atom stereocenters. The topological polar surface area (TPSA) is 56.1 Å². The van der Waals surface area contributed by atoms with Gasteiger partial charge in [-0.05, 0) is 41.8 Å². The molecule has 0 aliphatic carbocycles. The number of fused-ring (bicyclic) bond motifs is 1. The lowest BCUT2D eigenvalue weighted by molar-refractivity contribution is -0.117. The summed E-state index contributed by atoms with van der Waals surface area (Å²) in [6.07, 6.45) is 1.01. The molecule has 3 rings (SSSR count). The lowest BCUT2D eigenvalue weighted by atomic mass is 10.0. The molecule has 3 heterocycles. The van der Waals surface area contributed by atoms with E-state index in [9.17, 15) is 4.79 Å². The van der Waals surface area contributed by atoms with Crippen LogP contribution >= 0.6 is 22.7 Å². The van der Waals surface area contributed by atoms with Crippen molar-refractivity contribution in [2.24, 2.45) is 0 Å². The maximum atomic E-state index is 12.2. The highest BCUT2D eigenvalue weighted by atomic mass is 32.1. The van der Waals surface area contributed by atoms with E-state index in [1.807, 2.05) is 5.38 Å². The van der Waals surface area contributed by atoms with E-state index in [-0.39, 0.29) is 11.9 Å². The molecule has 2 aromatic heterocycles. The van der Waals surface area contributed by atoms with Gasteiger partial charge in [0.2, 0.25) is 5.91 Å². The van der Waals surface area contributed by atoms with Gasteiger partial charge in [0, 0.05) is 17.5 Å². The third-order valence-corrected chi connectivity index (χ3v) is 5.62. The minimum atomic E-state index is -0.0560. The maximum Gasteiger partial charge on any atom is 0.239 e. The van der Waals surface area contributed by atoms with Gasteiger partial charge in [-0.15, -0.1) is 22.7 Å². The van der Waals surface area contributed by atoms with Crippen molar-refractivity contribution in [2.75, 3.05) is 18.4 Å². The summed E-state index contributed by atoms with van der Waals surface area (Å²) in [6.45, 7) is 3.40. The van der Waals surface area contributed by atoms with Gasteiger partial charge in [0.25, 0.3) is 0 Å². The number of hydrogen-bond donors (Lipinski definition) is 1. The lowest BCUT2D eigenvalue weighted by Crippen LogP contribution is -2.39. The second-order valence-corrected chi connectivity index (χ2v) is 6.94. The molecule has 0 spiro atoms. The SMILES string of the molecule is C[C@H]1c2ccsc2CCN1CC(=O)Nc1sccc1C#N. The van der Waals surface area contributed by atoms with Crippen molar-refractivity contribution in [1.29, 1.82) is 5.26 Å². The van der Waals surface area contributed by atoms with E-state index in [4.69, 9.17) is 5.26 Å². The number of thiophene rings is 2. The standard InChI is InChI=1S/C15H15N3OS2/c1-10-12-4-7-20-13(12)2-5-18(10)9-14(19)17-15-11(8-16)3-6-21-15/h3-4,6-7,10H,2,5,9H2,1H3,(H,17,19)/t10-/m0/s1. The third-order valence-electron chi connectivity index (χ3n) is 3.79. The highest BCUT2D eigenvalue weighted by Gasteiger charge is 2.26. The fraction of sp³-hybridized carbons (Fsp3) is 0.333. The number of nitriles is 1. The number of hydrogen-bond acceptors (Lipinski definition) is 5.